The summed E-state index contributed by atoms with van der Waals surface area (Å²) < 4.78 is 6.37. The number of nitrogens with two attached hydrogens (primary N) is 1. The predicted molar refractivity (Wildman–Crippen MR) is 85.9 cm³/mol. The molecule has 6 heteroatoms. The average molecular weight is 345 g/mol. The van der Waals surface area contributed by atoms with Crippen LogP contribution in [0.2, 0.25) is 0 Å². The molecule has 0 radical (unpaired) electrons. The fourth-order valence-electron chi connectivity index (χ4n) is 2.21. The van der Waals surface area contributed by atoms with E-state index in [-0.39, 0.29) is 0 Å². The molecule has 0 bridgehead atoms. The highest BCUT2D eigenvalue weighted by Gasteiger charge is 2.17. The lowest BCUT2D eigenvalue weighted by atomic mass is 10.0. The predicted octanol–water partition coefficient (Wildman–Crippen LogP) is 3.49. The summed E-state index contributed by atoms with van der Waals surface area (Å²) in [6.45, 7) is 0. The number of aromatic amines is 1. The number of hydrogen-bond acceptors (Lipinski definition) is 4. The molecule has 3 rings (SSSR count). The van der Waals surface area contributed by atoms with Crippen molar-refractivity contribution < 1.29 is 4.74 Å². The SMILES string of the molecule is COc1cnccc1-c1[nH]nc(N)c1-c1ccc(Br)cc1. The molecule has 21 heavy (non-hydrogen) atoms. The van der Waals surface area contributed by atoms with E-state index in [1.807, 2.05) is 30.3 Å². The molecule has 0 spiro atoms. The number of pyridine rings is 1. The zero-order valence-electron chi connectivity index (χ0n) is 11.3. The van der Waals surface area contributed by atoms with Gasteiger partial charge in [-0.3, -0.25) is 10.1 Å². The molecule has 0 aliphatic carbocycles. The van der Waals surface area contributed by atoms with Crippen LogP contribution in [-0.2, 0) is 0 Å². The number of H-pyrrole nitrogens is 1. The zero-order chi connectivity index (χ0) is 14.8. The lowest BCUT2D eigenvalue weighted by Crippen LogP contribution is -1.92. The minimum atomic E-state index is 0.450. The van der Waals surface area contributed by atoms with Crippen molar-refractivity contribution in [2.24, 2.45) is 0 Å². The van der Waals surface area contributed by atoms with E-state index in [0.717, 1.165) is 26.9 Å². The van der Waals surface area contributed by atoms with Crippen LogP contribution in [0.4, 0.5) is 5.82 Å². The van der Waals surface area contributed by atoms with Crippen LogP contribution in [0.5, 0.6) is 5.75 Å². The zero-order valence-corrected chi connectivity index (χ0v) is 12.9. The van der Waals surface area contributed by atoms with E-state index in [1.165, 1.54) is 0 Å². The number of halogens is 1. The Kier molecular flexibility index (Phi) is 3.62. The van der Waals surface area contributed by atoms with Gasteiger partial charge in [-0.05, 0) is 23.8 Å². The number of nitrogens with one attached hydrogen (secondary N) is 1. The average Bonchev–Trinajstić information content (AvgIpc) is 2.90. The van der Waals surface area contributed by atoms with Crippen LogP contribution < -0.4 is 10.5 Å². The van der Waals surface area contributed by atoms with Gasteiger partial charge in [0.2, 0.25) is 0 Å². The van der Waals surface area contributed by atoms with Gasteiger partial charge in [0.25, 0.3) is 0 Å². The highest BCUT2D eigenvalue weighted by Crippen LogP contribution is 2.38. The summed E-state index contributed by atoms with van der Waals surface area (Å²) in [5, 5.41) is 7.12. The first-order valence-electron chi connectivity index (χ1n) is 6.29. The lowest BCUT2D eigenvalue weighted by Gasteiger charge is -2.08. The van der Waals surface area contributed by atoms with Crippen LogP contribution in [0.1, 0.15) is 0 Å². The Morgan fingerprint density at radius 1 is 1.19 bits per heavy atom. The summed E-state index contributed by atoms with van der Waals surface area (Å²) in [4.78, 5) is 4.07. The Hall–Kier alpha value is -2.34. The van der Waals surface area contributed by atoms with Gasteiger partial charge in [0.05, 0.1) is 24.6 Å². The van der Waals surface area contributed by atoms with Gasteiger partial charge in [0.15, 0.2) is 5.82 Å². The molecular weight excluding hydrogens is 332 g/mol. The fourth-order valence-corrected chi connectivity index (χ4v) is 2.47. The van der Waals surface area contributed by atoms with E-state index >= 15 is 0 Å². The second-order valence-electron chi connectivity index (χ2n) is 4.44. The largest absolute Gasteiger partial charge is 0.494 e. The summed E-state index contributed by atoms with van der Waals surface area (Å²) in [6, 6.07) is 9.78. The Morgan fingerprint density at radius 2 is 1.95 bits per heavy atom. The Labute approximate surface area is 130 Å². The molecule has 2 aromatic heterocycles. The van der Waals surface area contributed by atoms with Crippen molar-refractivity contribution in [3.8, 4) is 28.1 Å². The van der Waals surface area contributed by atoms with Crippen molar-refractivity contribution in [2.45, 2.75) is 0 Å². The highest BCUT2D eigenvalue weighted by molar-refractivity contribution is 9.10. The molecule has 2 heterocycles. The van der Waals surface area contributed by atoms with Gasteiger partial charge < -0.3 is 10.5 Å². The van der Waals surface area contributed by atoms with Gasteiger partial charge in [0, 0.05) is 16.2 Å². The van der Waals surface area contributed by atoms with Crippen LogP contribution in [0.25, 0.3) is 22.4 Å². The molecule has 5 nitrogen and oxygen atoms in total. The third-order valence-electron chi connectivity index (χ3n) is 3.20. The molecule has 0 unspecified atom stereocenters. The number of nitrogen functional groups attached to an aromatic ring is 1. The summed E-state index contributed by atoms with van der Waals surface area (Å²) in [6.07, 6.45) is 3.37. The van der Waals surface area contributed by atoms with Crippen LogP contribution >= 0.6 is 15.9 Å². The van der Waals surface area contributed by atoms with Gasteiger partial charge in [-0.2, -0.15) is 5.10 Å². The smallest absolute Gasteiger partial charge is 0.153 e. The van der Waals surface area contributed by atoms with Crippen LogP contribution in [0.3, 0.4) is 0 Å². The number of nitrogens with zero attached hydrogens (tertiary/aromatic N) is 2. The number of anilines is 1. The van der Waals surface area contributed by atoms with Gasteiger partial charge in [-0.1, -0.05) is 28.1 Å². The molecule has 0 saturated carbocycles. The second-order valence-corrected chi connectivity index (χ2v) is 5.36. The van der Waals surface area contributed by atoms with Crippen molar-refractivity contribution in [1.29, 1.82) is 0 Å². The lowest BCUT2D eigenvalue weighted by molar-refractivity contribution is 0.414. The van der Waals surface area contributed by atoms with Gasteiger partial charge in [-0.15, -0.1) is 0 Å². The van der Waals surface area contributed by atoms with E-state index < -0.39 is 0 Å². The third kappa shape index (κ3) is 2.50. The van der Waals surface area contributed by atoms with Crippen molar-refractivity contribution in [1.82, 2.24) is 15.2 Å². The summed E-state index contributed by atoms with van der Waals surface area (Å²) in [5.41, 5.74) is 9.55. The van der Waals surface area contributed by atoms with Crippen LogP contribution in [0, 0.1) is 0 Å². The van der Waals surface area contributed by atoms with E-state index in [2.05, 4.69) is 31.1 Å². The Morgan fingerprint density at radius 3 is 2.67 bits per heavy atom. The molecule has 0 aliphatic rings. The molecule has 0 amide bonds. The summed E-state index contributed by atoms with van der Waals surface area (Å²) >= 11 is 3.43. The first-order chi connectivity index (χ1) is 10.2. The second kappa shape index (κ2) is 5.57. The summed E-state index contributed by atoms with van der Waals surface area (Å²) in [7, 11) is 1.61. The molecule has 1 aromatic carbocycles. The maximum Gasteiger partial charge on any atom is 0.153 e. The van der Waals surface area contributed by atoms with Gasteiger partial charge >= 0.3 is 0 Å². The molecule has 3 N–H and O–H groups in total. The quantitative estimate of drug-likeness (QED) is 0.762. The molecule has 0 saturated heterocycles. The molecule has 0 atom stereocenters. The monoisotopic (exact) mass is 344 g/mol. The van der Waals surface area contributed by atoms with E-state index in [1.54, 1.807) is 19.5 Å². The van der Waals surface area contributed by atoms with E-state index in [4.69, 9.17) is 10.5 Å². The van der Waals surface area contributed by atoms with Crippen molar-refractivity contribution >= 4 is 21.7 Å². The number of rotatable bonds is 3. The standard InChI is InChI=1S/C15H13BrN4O/c1-21-12-8-18-7-6-11(12)14-13(15(17)20-19-14)9-2-4-10(16)5-3-9/h2-8H,1H3,(H3,17,19,20). The van der Waals surface area contributed by atoms with Crippen LogP contribution in [0.15, 0.2) is 47.2 Å². The third-order valence-corrected chi connectivity index (χ3v) is 3.73. The number of methoxy groups -OCH3 is 1. The topological polar surface area (TPSA) is 76.8 Å². The number of ether oxygens (including phenoxy) is 1. The Balaban J connectivity index is 2.19. The maximum atomic E-state index is 6.03. The number of hydrogen-bond donors (Lipinski definition) is 2. The van der Waals surface area contributed by atoms with Gasteiger partial charge in [-0.25, -0.2) is 0 Å². The van der Waals surface area contributed by atoms with E-state index in [0.29, 0.717) is 11.6 Å². The van der Waals surface area contributed by atoms with Crippen molar-refractivity contribution in [3.05, 3.63) is 47.2 Å². The van der Waals surface area contributed by atoms with Gasteiger partial charge in [0.1, 0.15) is 5.75 Å². The minimum Gasteiger partial charge on any atom is -0.494 e. The first kappa shape index (κ1) is 13.6. The maximum absolute atomic E-state index is 6.03. The molecule has 106 valence electrons. The molecule has 0 fully saturated rings. The number of benzene rings is 1. The molecular formula is C15H13BrN4O. The first-order valence-corrected chi connectivity index (χ1v) is 7.08. The normalized spacial score (nSPS) is 10.6. The van der Waals surface area contributed by atoms with Crippen molar-refractivity contribution in [2.75, 3.05) is 12.8 Å². The molecule has 0 aliphatic heterocycles. The van der Waals surface area contributed by atoms with Crippen LogP contribution in [-0.4, -0.2) is 22.3 Å². The minimum absolute atomic E-state index is 0.450. The fraction of sp³-hybridized carbons (Fsp3) is 0.0667. The summed E-state index contributed by atoms with van der Waals surface area (Å²) in [5.74, 6) is 1.12. The number of aromatic nitrogens is 3. The molecule has 3 aromatic rings. The van der Waals surface area contributed by atoms with E-state index in [9.17, 15) is 0 Å². The highest BCUT2D eigenvalue weighted by atomic mass is 79.9. The van der Waals surface area contributed by atoms with Crippen molar-refractivity contribution in [3.63, 3.8) is 0 Å². The Bertz CT molecular complexity index is 768.